The van der Waals surface area contributed by atoms with Crippen LogP contribution < -0.4 is 11.3 Å². The second-order valence-electron chi connectivity index (χ2n) is 4.23. The first kappa shape index (κ1) is 10.5. The quantitative estimate of drug-likeness (QED) is 0.692. The number of hydrogen-bond donors (Lipinski definition) is 2. The SMILES string of the molecule is CC(C)(C)c1ccc(C(N)=O)c(=O)[nH]1. The van der Waals surface area contributed by atoms with Crippen LogP contribution in [-0.4, -0.2) is 10.9 Å². The molecule has 0 aliphatic carbocycles. The van der Waals surface area contributed by atoms with E-state index in [0.717, 1.165) is 5.69 Å². The Morgan fingerprint density at radius 3 is 2.29 bits per heavy atom. The van der Waals surface area contributed by atoms with Crippen molar-refractivity contribution in [1.82, 2.24) is 4.98 Å². The first-order chi connectivity index (χ1) is 6.32. The molecule has 1 rings (SSSR count). The van der Waals surface area contributed by atoms with Crippen molar-refractivity contribution in [3.8, 4) is 0 Å². The van der Waals surface area contributed by atoms with Crippen LogP contribution in [0.25, 0.3) is 0 Å². The van der Waals surface area contributed by atoms with Gasteiger partial charge in [0, 0.05) is 11.1 Å². The van der Waals surface area contributed by atoms with E-state index in [2.05, 4.69) is 4.98 Å². The summed E-state index contributed by atoms with van der Waals surface area (Å²) in [5, 5.41) is 0. The summed E-state index contributed by atoms with van der Waals surface area (Å²) in [7, 11) is 0. The van der Waals surface area contributed by atoms with Gasteiger partial charge in [0.2, 0.25) is 0 Å². The molecule has 0 fully saturated rings. The van der Waals surface area contributed by atoms with Gasteiger partial charge in [0.25, 0.3) is 11.5 Å². The van der Waals surface area contributed by atoms with Gasteiger partial charge in [-0.1, -0.05) is 20.8 Å². The third-order valence-corrected chi connectivity index (χ3v) is 1.98. The van der Waals surface area contributed by atoms with Gasteiger partial charge in [0.1, 0.15) is 5.56 Å². The Kier molecular flexibility index (Phi) is 2.47. The number of amides is 1. The van der Waals surface area contributed by atoms with Crippen LogP contribution in [0.2, 0.25) is 0 Å². The second-order valence-corrected chi connectivity index (χ2v) is 4.23. The van der Waals surface area contributed by atoms with Crippen LogP contribution in [0.3, 0.4) is 0 Å². The molecule has 1 heterocycles. The van der Waals surface area contributed by atoms with Crippen molar-refractivity contribution in [1.29, 1.82) is 0 Å². The molecule has 0 aliphatic rings. The third-order valence-electron chi connectivity index (χ3n) is 1.98. The Morgan fingerprint density at radius 2 is 1.93 bits per heavy atom. The lowest BCUT2D eigenvalue weighted by Gasteiger charge is -2.18. The van der Waals surface area contributed by atoms with Gasteiger partial charge in [-0.05, 0) is 12.1 Å². The molecule has 4 nitrogen and oxygen atoms in total. The highest BCUT2D eigenvalue weighted by Gasteiger charge is 2.16. The molecule has 14 heavy (non-hydrogen) atoms. The summed E-state index contributed by atoms with van der Waals surface area (Å²) in [4.78, 5) is 24.8. The fourth-order valence-corrected chi connectivity index (χ4v) is 1.11. The van der Waals surface area contributed by atoms with Crippen molar-refractivity contribution >= 4 is 5.91 Å². The van der Waals surface area contributed by atoms with Gasteiger partial charge in [-0.3, -0.25) is 9.59 Å². The van der Waals surface area contributed by atoms with Crippen LogP contribution in [0, 0.1) is 0 Å². The third kappa shape index (κ3) is 2.02. The Morgan fingerprint density at radius 1 is 1.36 bits per heavy atom. The summed E-state index contributed by atoms with van der Waals surface area (Å²) in [6.07, 6.45) is 0. The lowest BCUT2D eigenvalue weighted by atomic mass is 9.91. The molecule has 4 heteroatoms. The van der Waals surface area contributed by atoms with Gasteiger partial charge in [0.05, 0.1) is 0 Å². The molecular formula is C10H14N2O2. The average Bonchev–Trinajstić information content (AvgIpc) is 2.01. The van der Waals surface area contributed by atoms with Gasteiger partial charge >= 0.3 is 0 Å². The molecule has 0 aromatic carbocycles. The minimum Gasteiger partial charge on any atom is -0.365 e. The van der Waals surface area contributed by atoms with Gasteiger partial charge in [-0.2, -0.15) is 0 Å². The van der Waals surface area contributed by atoms with Crippen LogP contribution in [0.4, 0.5) is 0 Å². The Hall–Kier alpha value is -1.58. The number of aromatic amines is 1. The summed E-state index contributed by atoms with van der Waals surface area (Å²) in [5.41, 5.74) is 5.23. The van der Waals surface area contributed by atoms with E-state index in [9.17, 15) is 9.59 Å². The largest absolute Gasteiger partial charge is 0.365 e. The molecule has 0 spiro atoms. The van der Waals surface area contributed by atoms with E-state index in [1.807, 2.05) is 20.8 Å². The monoisotopic (exact) mass is 194 g/mol. The number of carbonyl (C=O) groups is 1. The van der Waals surface area contributed by atoms with Gasteiger partial charge < -0.3 is 10.7 Å². The highest BCUT2D eigenvalue weighted by Crippen LogP contribution is 2.18. The number of nitrogens with two attached hydrogens (primary N) is 1. The molecule has 0 unspecified atom stereocenters. The van der Waals surface area contributed by atoms with Crippen molar-refractivity contribution in [2.75, 3.05) is 0 Å². The molecule has 0 saturated carbocycles. The molecular weight excluding hydrogens is 180 g/mol. The highest BCUT2D eigenvalue weighted by molar-refractivity contribution is 5.92. The molecule has 0 saturated heterocycles. The van der Waals surface area contributed by atoms with Crippen LogP contribution in [0.1, 0.15) is 36.8 Å². The zero-order chi connectivity index (χ0) is 10.9. The molecule has 1 amide bonds. The maximum absolute atomic E-state index is 11.4. The summed E-state index contributed by atoms with van der Waals surface area (Å²) >= 11 is 0. The average molecular weight is 194 g/mol. The molecule has 1 aromatic heterocycles. The molecule has 0 bridgehead atoms. The van der Waals surface area contributed by atoms with Gasteiger partial charge in [-0.25, -0.2) is 0 Å². The van der Waals surface area contributed by atoms with Gasteiger partial charge in [0.15, 0.2) is 0 Å². The molecule has 3 N–H and O–H groups in total. The van der Waals surface area contributed by atoms with Crippen LogP contribution in [-0.2, 0) is 5.41 Å². The van der Waals surface area contributed by atoms with E-state index in [-0.39, 0.29) is 11.0 Å². The van der Waals surface area contributed by atoms with Gasteiger partial charge in [-0.15, -0.1) is 0 Å². The zero-order valence-corrected chi connectivity index (χ0v) is 8.55. The number of primary amides is 1. The highest BCUT2D eigenvalue weighted by atomic mass is 16.2. The lowest BCUT2D eigenvalue weighted by Crippen LogP contribution is -2.26. The number of H-pyrrole nitrogens is 1. The maximum Gasteiger partial charge on any atom is 0.261 e. The summed E-state index contributed by atoms with van der Waals surface area (Å²) in [6.45, 7) is 5.92. The second kappa shape index (κ2) is 3.29. The van der Waals surface area contributed by atoms with Crippen molar-refractivity contribution in [2.45, 2.75) is 26.2 Å². The summed E-state index contributed by atoms with van der Waals surface area (Å²) in [6, 6.07) is 3.17. The van der Waals surface area contributed by atoms with Crippen molar-refractivity contribution in [3.63, 3.8) is 0 Å². The minimum absolute atomic E-state index is 0.00185. The smallest absolute Gasteiger partial charge is 0.261 e. The fraction of sp³-hybridized carbons (Fsp3) is 0.400. The minimum atomic E-state index is -0.702. The molecule has 0 radical (unpaired) electrons. The summed E-state index contributed by atoms with van der Waals surface area (Å²) < 4.78 is 0. The van der Waals surface area contributed by atoms with E-state index in [1.54, 1.807) is 6.07 Å². The standard InChI is InChI=1S/C10H14N2O2/c1-10(2,3)7-5-4-6(8(11)13)9(14)12-7/h4-5H,1-3H3,(H2,11,13)(H,12,14). The number of rotatable bonds is 1. The van der Waals surface area contributed by atoms with E-state index >= 15 is 0 Å². The summed E-state index contributed by atoms with van der Waals surface area (Å²) in [5.74, 6) is -0.702. The van der Waals surface area contributed by atoms with Crippen LogP contribution in [0.5, 0.6) is 0 Å². The fourth-order valence-electron chi connectivity index (χ4n) is 1.11. The van der Waals surface area contributed by atoms with Crippen molar-refractivity contribution in [2.24, 2.45) is 5.73 Å². The van der Waals surface area contributed by atoms with E-state index in [4.69, 9.17) is 5.73 Å². The Balaban J connectivity index is 3.27. The van der Waals surface area contributed by atoms with E-state index < -0.39 is 11.5 Å². The molecule has 0 aliphatic heterocycles. The van der Waals surface area contributed by atoms with E-state index in [1.165, 1.54) is 6.07 Å². The number of carbonyl (C=O) groups excluding carboxylic acids is 1. The number of hydrogen-bond acceptors (Lipinski definition) is 2. The predicted octanol–water partition coefficient (Wildman–Crippen LogP) is 0.771. The number of aromatic nitrogens is 1. The number of pyridine rings is 1. The molecule has 0 atom stereocenters. The topological polar surface area (TPSA) is 76.0 Å². The predicted molar refractivity (Wildman–Crippen MR) is 54.3 cm³/mol. The maximum atomic E-state index is 11.4. The van der Waals surface area contributed by atoms with E-state index in [0.29, 0.717) is 0 Å². The zero-order valence-electron chi connectivity index (χ0n) is 8.55. The first-order valence-corrected chi connectivity index (χ1v) is 4.36. The first-order valence-electron chi connectivity index (χ1n) is 4.36. The molecule has 1 aromatic rings. The Bertz CT molecular complexity index is 413. The normalized spacial score (nSPS) is 11.4. The number of nitrogens with one attached hydrogen (secondary N) is 1. The van der Waals surface area contributed by atoms with Crippen molar-refractivity contribution in [3.05, 3.63) is 33.7 Å². The Labute approximate surface area is 82.1 Å². The van der Waals surface area contributed by atoms with Crippen LogP contribution >= 0.6 is 0 Å². The lowest BCUT2D eigenvalue weighted by molar-refractivity contribution is 0.0998. The van der Waals surface area contributed by atoms with Crippen molar-refractivity contribution < 1.29 is 4.79 Å². The molecule has 76 valence electrons. The van der Waals surface area contributed by atoms with Crippen LogP contribution in [0.15, 0.2) is 16.9 Å².